The van der Waals surface area contributed by atoms with Crippen molar-refractivity contribution in [1.29, 1.82) is 0 Å². The third-order valence-electron chi connectivity index (χ3n) is 3.86. The predicted octanol–water partition coefficient (Wildman–Crippen LogP) is 3.66. The molecular weight excluding hydrogens is 184 g/mol. The molecule has 0 spiro atoms. The van der Waals surface area contributed by atoms with Crippen LogP contribution in [0.1, 0.15) is 45.4 Å². The van der Waals surface area contributed by atoms with E-state index in [0.29, 0.717) is 0 Å². The molecule has 2 aliphatic rings. The fourth-order valence-corrected chi connectivity index (χ4v) is 2.89. The second-order valence-corrected chi connectivity index (χ2v) is 4.90. The Bertz CT molecular complexity index is 298. The molecule has 0 aliphatic heterocycles. The molecule has 1 nitrogen and oxygen atoms in total. The summed E-state index contributed by atoms with van der Waals surface area (Å²) in [6.45, 7) is 2.35. The minimum atomic E-state index is 0.726. The van der Waals surface area contributed by atoms with Crippen LogP contribution in [0.4, 0.5) is 0 Å². The van der Waals surface area contributed by atoms with Gasteiger partial charge in [-0.3, -0.25) is 4.79 Å². The van der Waals surface area contributed by atoms with Gasteiger partial charge in [0.1, 0.15) is 6.29 Å². The number of hydrogen-bond donors (Lipinski definition) is 0. The molecule has 0 aromatic carbocycles. The van der Waals surface area contributed by atoms with Gasteiger partial charge in [-0.05, 0) is 55.9 Å². The number of hydrogen-bond acceptors (Lipinski definition) is 1. The van der Waals surface area contributed by atoms with Gasteiger partial charge in [0.25, 0.3) is 0 Å². The van der Waals surface area contributed by atoms with E-state index in [1.807, 2.05) is 0 Å². The van der Waals surface area contributed by atoms with Crippen LogP contribution in [0.3, 0.4) is 0 Å². The Balaban J connectivity index is 2.04. The van der Waals surface area contributed by atoms with Crippen LogP contribution in [0.15, 0.2) is 23.3 Å². The number of carbonyl (C=O) groups excluding carboxylic acids is 1. The fourth-order valence-electron chi connectivity index (χ4n) is 2.89. The molecule has 82 valence electrons. The van der Waals surface area contributed by atoms with Gasteiger partial charge in [0.2, 0.25) is 0 Å². The quantitative estimate of drug-likeness (QED) is 0.495. The number of rotatable bonds is 2. The Morgan fingerprint density at radius 1 is 1.33 bits per heavy atom. The molecule has 0 saturated heterocycles. The largest absolute Gasteiger partial charge is 0.298 e. The average molecular weight is 204 g/mol. The van der Waals surface area contributed by atoms with Crippen LogP contribution in [0, 0.1) is 11.8 Å². The van der Waals surface area contributed by atoms with Gasteiger partial charge in [-0.15, -0.1) is 0 Å². The SMILES string of the molecule is CC1CCCC=C1C1CC=C(C=O)CC1. The van der Waals surface area contributed by atoms with E-state index in [0.717, 1.165) is 36.5 Å². The molecule has 2 aliphatic carbocycles. The van der Waals surface area contributed by atoms with Crippen LogP contribution in [0.5, 0.6) is 0 Å². The van der Waals surface area contributed by atoms with Crippen molar-refractivity contribution in [3.63, 3.8) is 0 Å². The summed E-state index contributed by atoms with van der Waals surface area (Å²) >= 11 is 0. The molecule has 0 bridgehead atoms. The molecule has 2 rings (SSSR count). The molecule has 0 radical (unpaired) electrons. The van der Waals surface area contributed by atoms with Crippen LogP contribution in [0.25, 0.3) is 0 Å². The summed E-state index contributed by atoms with van der Waals surface area (Å²) in [6, 6.07) is 0. The normalized spacial score (nSPS) is 31.8. The van der Waals surface area contributed by atoms with E-state index < -0.39 is 0 Å². The van der Waals surface area contributed by atoms with Gasteiger partial charge in [-0.25, -0.2) is 0 Å². The van der Waals surface area contributed by atoms with Crippen molar-refractivity contribution in [2.75, 3.05) is 0 Å². The first kappa shape index (κ1) is 10.7. The van der Waals surface area contributed by atoms with Crippen LogP contribution in [-0.4, -0.2) is 6.29 Å². The molecule has 1 heteroatoms. The summed E-state index contributed by atoms with van der Waals surface area (Å²) in [5, 5.41) is 0. The first-order valence-electron chi connectivity index (χ1n) is 6.15. The Kier molecular flexibility index (Phi) is 3.40. The predicted molar refractivity (Wildman–Crippen MR) is 62.6 cm³/mol. The Labute approximate surface area is 92.3 Å². The minimum Gasteiger partial charge on any atom is -0.298 e. The van der Waals surface area contributed by atoms with Crippen LogP contribution < -0.4 is 0 Å². The van der Waals surface area contributed by atoms with Crippen molar-refractivity contribution >= 4 is 6.29 Å². The summed E-state index contributed by atoms with van der Waals surface area (Å²) < 4.78 is 0. The van der Waals surface area contributed by atoms with Crippen molar-refractivity contribution in [2.24, 2.45) is 11.8 Å². The highest BCUT2D eigenvalue weighted by atomic mass is 16.1. The maximum Gasteiger partial charge on any atom is 0.145 e. The Morgan fingerprint density at radius 3 is 2.80 bits per heavy atom. The standard InChI is InChI=1S/C14H20O/c1-11-4-2-3-5-14(11)13-8-6-12(10-15)7-9-13/h5-6,10-11,13H,2-4,7-9H2,1H3. The highest BCUT2D eigenvalue weighted by molar-refractivity contribution is 5.73. The van der Waals surface area contributed by atoms with E-state index >= 15 is 0 Å². The third-order valence-corrected chi connectivity index (χ3v) is 3.86. The second-order valence-electron chi connectivity index (χ2n) is 4.90. The van der Waals surface area contributed by atoms with Gasteiger partial charge in [-0.2, -0.15) is 0 Å². The molecule has 0 amide bonds. The van der Waals surface area contributed by atoms with Gasteiger partial charge in [0, 0.05) is 0 Å². The molecule has 2 unspecified atom stereocenters. The zero-order valence-electron chi connectivity index (χ0n) is 9.54. The van der Waals surface area contributed by atoms with Gasteiger partial charge in [-0.1, -0.05) is 24.6 Å². The number of carbonyl (C=O) groups is 1. The minimum absolute atomic E-state index is 0.726. The second kappa shape index (κ2) is 4.78. The summed E-state index contributed by atoms with van der Waals surface area (Å²) in [5.41, 5.74) is 2.68. The molecule has 15 heavy (non-hydrogen) atoms. The Morgan fingerprint density at radius 2 is 2.20 bits per heavy atom. The molecule has 2 atom stereocenters. The van der Waals surface area contributed by atoms with E-state index in [-0.39, 0.29) is 0 Å². The topological polar surface area (TPSA) is 17.1 Å². The van der Waals surface area contributed by atoms with Crippen molar-refractivity contribution in [3.05, 3.63) is 23.3 Å². The zero-order valence-corrected chi connectivity index (χ0v) is 9.54. The van der Waals surface area contributed by atoms with Gasteiger partial charge < -0.3 is 0 Å². The molecule has 0 aromatic rings. The summed E-state index contributed by atoms with van der Waals surface area (Å²) in [6.07, 6.45) is 12.8. The highest BCUT2D eigenvalue weighted by Gasteiger charge is 2.23. The fraction of sp³-hybridized carbons (Fsp3) is 0.643. The highest BCUT2D eigenvalue weighted by Crippen LogP contribution is 2.36. The average Bonchev–Trinajstić information content (AvgIpc) is 2.30. The number of allylic oxidation sites excluding steroid dienone is 4. The maximum atomic E-state index is 10.6. The van der Waals surface area contributed by atoms with Crippen molar-refractivity contribution in [3.8, 4) is 0 Å². The van der Waals surface area contributed by atoms with Gasteiger partial charge >= 0.3 is 0 Å². The zero-order chi connectivity index (χ0) is 10.7. The van der Waals surface area contributed by atoms with Gasteiger partial charge in [0.15, 0.2) is 0 Å². The first-order chi connectivity index (χ1) is 7.31. The molecule has 0 fully saturated rings. The lowest BCUT2D eigenvalue weighted by atomic mass is 9.76. The third kappa shape index (κ3) is 2.39. The summed E-state index contributed by atoms with van der Waals surface area (Å²) in [7, 11) is 0. The molecule has 0 aromatic heterocycles. The lowest BCUT2D eigenvalue weighted by Gasteiger charge is -2.29. The van der Waals surface area contributed by atoms with Crippen LogP contribution >= 0.6 is 0 Å². The van der Waals surface area contributed by atoms with E-state index in [1.165, 1.54) is 25.7 Å². The summed E-state index contributed by atoms with van der Waals surface area (Å²) in [5.74, 6) is 1.50. The first-order valence-corrected chi connectivity index (χ1v) is 6.15. The van der Waals surface area contributed by atoms with E-state index in [4.69, 9.17) is 0 Å². The van der Waals surface area contributed by atoms with Crippen LogP contribution in [0.2, 0.25) is 0 Å². The maximum absolute atomic E-state index is 10.6. The van der Waals surface area contributed by atoms with E-state index in [9.17, 15) is 4.79 Å². The lowest BCUT2D eigenvalue weighted by Crippen LogP contribution is -2.16. The van der Waals surface area contributed by atoms with E-state index in [1.54, 1.807) is 5.57 Å². The molecular formula is C14H20O. The van der Waals surface area contributed by atoms with Crippen molar-refractivity contribution in [2.45, 2.75) is 45.4 Å². The molecule has 0 saturated carbocycles. The van der Waals surface area contributed by atoms with E-state index in [2.05, 4.69) is 19.1 Å². The molecule has 0 N–H and O–H groups in total. The molecule has 0 heterocycles. The Hall–Kier alpha value is -0.850. The van der Waals surface area contributed by atoms with Gasteiger partial charge in [0.05, 0.1) is 0 Å². The van der Waals surface area contributed by atoms with Crippen LogP contribution in [-0.2, 0) is 4.79 Å². The summed E-state index contributed by atoms with van der Waals surface area (Å²) in [4.78, 5) is 10.6. The smallest absolute Gasteiger partial charge is 0.145 e. The number of aldehydes is 1. The van der Waals surface area contributed by atoms with Crippen molar-refractivity contribution < 1.29 is 4.79 Å². The lowest BCUT2D eigenvalue weighted by molar-refractivity contribution is -0.105. The monoisotopic (exact) mass is 204 g/mol. The van der Waals surface area contributed by atoms with Crippen molar-refractivity contribution in [1.82, 2.24) is 0 Å².